The van der Waals surface area contributed by atoms with E-state index < -0.39 is 0 Å². The average molecular weight is 261 g/mol. The number of hydrogen-bond donors (Lipinski definition) is 1. The molecule has 2 rings (SSSR count). The van der Waals surface area contributed by atoms with E-state index in [1.54, 1.807) is 0 Å². The fraction of sp³-hybridized carbons (Fsp3) is 0.688. The third-order valence-electron chi connectivity index (χ3n) is 4.25. The van der Waals surface area contributed by atoms with Crippen LogP contribution in [-0.2, 0) is 6.42 Å². The van der Waals surface area contributed by atoms with Gasteiger partial charge in [0.2, 0.25) is 0 Å². The van der Waals surface area contributed by atoms with Crippen molar-refractivity contribution in [1.29, 1.82) is 0 Å². The first-order valence-corrected chi connectivity index (χ1v) is 7.61. The van der Waals surface area contributed by atoms with Gasteiger partial charge in [-0.3, -0.25) is 0 Å². The quantitative estimate of drug-likeness (QED) is 0.847. The lowest BCUT2D eigenvalue weighted by Crippen LogP contribution is -2.32. The Labute approximate surface area is 117 Å². The molecule has 3 nitrogen and oxygen atoms in total. The van der Waals surface area contributed by atoms with E-state index in [4.69, 9.17) is 5.73 Å². The maximum Gasteiger partial charge on any atom is 0.131 e. The lowest BCUT2D eigenvalue weighted by Gasteiger charge is -2.29. The number of nitrogens with zero attached hydrogens (tertiary/aromatic N) is 2. The first kappa shape index (κ1) is 14.3. The molecule has 0 atom stereocenters. The summed E-state index contributed by atoms with van der Waals surface area (Å²) in [6, 6.07) is 2.90. The molecule has 0 spiro atoms. The lowest BCUT2D eigenvalue weighted by atomic mass is 10.1. The molecule has 1 heterocycles. The highest BCUT2D eigenvalue weighted by atomic mass is 15.2. The van der Waals surface area contributed by atoms with E-state index in [1.165, 1.54) is 49.7 Å². The molecule has 0 radical (unpaired) electrons. The van der Waals surface area contributed by atoms with Crippen LogP contribution in [0.4, 0.5) is 5.82 Å². The minimum Gasteiger partial charge on any atom is -0.356 e. The monoisotopic (exact) mass is 261 g/mol. The average Bonchev–Trinajstić information content (AvgIpc) is 2.67. The van der Waals surface area contributed by atoms with Crippen LogP contribution < -0.4 is 10.6 Å². The summed E-state index contributed by atoms with van der Waals surface area (Å²) in [5.74, 6) is 1.15. The molecule has 106 valence electrons. The first-order chi connectivity index (χ1) is 9.22. The molecule has 1 aromatic heterocycles. The Bertz CT molecular complexity index is 395. The van der Waals surface area contributed by atoms with Crippen molar-refractivity contribution in [1.82, 2.24) is 4.98 Å². The molecule has 1 saturated carbocycles. The van der Waals surface area contributed by atoms with Crippen molar-refractivity contribution < 1.29 is 0 Å². The standard InChI is InChI=1S/C16H27N3/c1-13-11-14(9-10-17)12-18-16(13)19(2)15-7-5-3-4-6-8-15/h11-12,15H,3-10,17H2,1-2H3. The van der Waals surface area contributed by atoms with E-state index in [0.29, 0.717) is 12.6 Å². The van der Waals surface area contributed by atoms with E-state index in [2.05, 4.69) is 29.9 Å². The van der Waals surface area contributed by atoms with E-state index in [1.807, 2.05) is 6.20 Å². The van der Waals surface area contributed by atoms with Crippen molar-refractivity contribution in [2.24, 2.45) is 5.73 Å². The van der Waals surface area contributed by atoms with Gasteiger partial charge in [0.05, 0.1) is 0 Å². The van der Waals surface area contributed by atoms with Crippen LogP contribution >= 0.6 is 0 Å². The number of aryl methyl sites for hydroxylation is 1. The van der Waals surface area contributed by atoms with Gasteiger partial charge in [0.1, 0.15) is 5.82 Å². The van der Waals surface area contributed by atoms with Crippen molar-refractivity contribution in [3.05, 3.63) is 23.4 Å². The fourth-order valence-electron chi connectivity index (χ4n) is 3.12. The second-order valence-corrected chi connectivity index (χ2v) is 5.78. The van der Waals surface area contributed by atoms with Crippen LogP contribution in [0.2, 0.25) is 0 Å². The summed E-state index contributed by atoms with van der Waals surface area (Å²) < 4.78 is 0. The highest BCUT2D eigenvalue weighted by molar-refractivity contribution is 5.47. The Balaban J connectivity index is 2.11. The summed E-state index contributed by atoms with van der Waals surface area (Å²) in [7, 11) is 2.20. The van der Waals surface area contributed by atoms with Crippen LogP contribution in [0.15, 0.2) is 12.3 Å². The van der Waals surface area contributed by atoms with Crippen molar-refractivity contribution in [2.45, 2.75) is 57.9 Å². The van der Waals surface area contributed by atoms with Crippen LogP contribution in [0.25, 0.3) is 0 Å². The van der Waals surface area contributed by atoms with Gasteiger partial charge >= 0.3 is 0 Å². The topological polar surface area (TPSA) is 42.1 Å². The van der Waals surface area contributed by atoms with Gasteiger partial charge < -0.3 is 10.6 Å². The maximum absolute atomic E-state index is 5.60. The number of nitrogens with two attached hydrogens (primary N) is 1. The van der Waals surface area contributed by atoms with Crippen LogP contribution in [0.5, 0.6) is 0 Å². The van der Waals surface area contributed by atoms with Gasteiger partial charge in [-0.25, -0.2) is 4.98 Å². The zero-order chi connectivity index (χ0) is 13.7. The Hall–Kier alpha value is -1.09. The highest BCUT2D eigenvalue weighted by Crippen LogP contribution is 2.26. The van der Waals surface area contributed by atoms with E-state index in [0.717, 1.165) is 12.2 Å². The van der Waals surface area contributed by atoms with Crippen LogP contribution in [0.3, 0.4) is 0 Å². The molecule has 3 heteroatoms. The van der Waals surface area contributed by atoms with Gasteiger partial charge in [0.25, 0.3) is 0 Å². The highest BCUT2D eigenvalue weighted by Gasteiger charge is 2.19. The summed E-state index contributed by atoms with van der Waals surface area (Å²) in [5, 5.41) is 0. The number of aromatic nitrogens is 1. The van der Waals surface area contributed by atoms with Gasteiger partial charge in [0, 0.05) is 19.3 Å². The van der Waals surface area contributed by atoms with Crippen molar-refractivity contribution in [3.8, 4) is 0 Å². The maximum atomic E-state index is 5.60. The van der Waals surface area contributed by atoms with E-state index in [-0.39, 0.29) is 0 Å². The summed E-state index contributed by atoms with van der Waals surface area (Å²) in [5.41, 5.74) is 8.13. The van der Waals surface area contributed by atoms with Gasteiger partial charge in [-0.2, -0.15) is 0 Å². The summed E-state index contributed by atoms with van der Waals surface area (Å²) in [6.07, 6.45) is 11.0. The minimum absolute atomic E-state index is 0.661. The van der Waals surface area contributed by atoms with Gasteiger partial charge in [-0.1, -0.05) is 31.7 Å². The fourth-order valence-corrected chi connectivity index (χ4v) is 3.12. The molecule has 1 aliphatic carbocycles. The molecular weight excluding hydrogens is 234 g/mol. The number of pyridine rings is 1. The minimum atomic E-state index is 0.661. The Kier molecular flexibility index (Phi) is 5.20. The third-order valence-corrected chi connectivity index (χ3v) is 4.25. The van der Waals surface area contributed by atoms with Crippen LogP contribution in [0.1, 0.15) is 49.7 Å². The molecule has 0 saturated heterocycles. The SMILES string of the molecule is Cc1cc(CCN)cnc1N(C)C1CCCCCC1. The molecule has 1 aromatic rings. The summed E-state index contributed by atoms with van der Waals surface area (Å²) >= 11 is 0. The number of hydrogen-bond acceptors (Lipinski definition) is 3. The van der Waals surface area contributed by atoms with Gasteiger partial charge in [0.15, 0.2) is 0 Å². The summed E-state index contributed by atoms with van der Waals surface area (Å²) in [6.45, 7) is 2.86. The Morgan fingerprint density at radius 3 is 2.53 bits per heavy atom. The van der Waals surface area contributed by atoms with E-state index >= 15 is 0 Å². The Morgan fingerprint density at radius 1 is 1.26 bits per heavy atom. The normalized spacial score (nSPS) is 17.2. The molecule has 19 heavy (non-hydrogen) atoms. The molecule has 0 bridgehead atoms. The van der Waals surface area contributed by atoms with Crippen molar-refractivity contribution >= 4 is 5.82 Å². The second-order valence-electron chi connectivity index (χ2n) is 5.78. The molecule has 0 aliphatic heterocycles. The molecule has 0 aromatic carbocycles. The number of anilines is 1. The molecular formula is C16H27N3. The van der Waals surface area contributed by atoms with E-state index in [9.17, 15) is 0 Å². The first-order valence-electron chi connectivity index (χ1n) is 7.61. The summed E-state index contributed by atoms with van der Waals surface area (Å²) in [4.78, 5) is 7.07. The third kappa shape index (κ3) is 3.69. The van der Waals surface area contributed by atoms with Gasteiger partial charge in [-0.05, 0) is 43.9 Å². The Morgan fingerprint density at radius 2 is 1.95 bits per heavy atom. The van der Waals surface area contributed by atoms with Crippen molar-refractivity contribution in [3.63, 3.8) is 0 Å². The van der Waals surface area contributed by atoms with Crippen molar-refractivity contribution in [2.75, 3.05) is 18.5 Å². The second kappa shape index (κ2) is 6.90. The lowest BCUT2D eigenvalue weighted by molar-refractivity contribution is 0.548. The molecule has 1 fully saturated rings. The smallest absolute Gasteiger partial charge is 0.131 e. The molecule has 0 amide bonds. The largest absolute Gasteiger partial charge is 0.356 e. The van der Waals surface area contributed by atoms with Crippen LogP contribution in [-0.4, -0.2) is 24.6 Å². The zero-order valence-electron chi connectivity index (χ0n) is 12.4. The van der Waals surface area contributed by atoms with Crippen LogP contribution in [0, 0.1) is 6.92 Å². The number of rotatable bonds is 4. The van der Waals surface area contributed by atoms with Gasteiger partial charge in [-0.15, -0.1) is 0 Å². The molecule has 0 unspecified atom stereocenters. The zero-order valence-corrected chi connectivity index (χ0v) is 12.4. The molecule has 1 aliphatic rings. The predicted octanol–water partition coefficient (Wildman–Crippen LogP) is 3.05. The predicted molar refractivity (Wildman–Crippen MR) is 81.6 cm³/mol. The molecule has 2 N–H and O–H groups in total.